The summed E-state index contributed by atoms with van der Waals surface area (Å²) in [6.07, 6.45) is 0. The highest BCUT2D eigenvalue weighted by Gasteiger charge is 2.41. The summed E-state index contributed by atoms with van der Waals surface area (Å²) < 4.78 is 2.45. The lowest BCUT2D eigenvalue weighted by Crippen LogP contribution is -2.74. The highest BCUT2D eigenvalue weighted by atomic mass is 28.3. The summed E-state index contributed by atoms with van der Waals surface area (Å²) in [5.41, 5.74) is 11.7. The average Bonchev–Trinajstić information content (AvgIpc) is 3.81. The van der Waals surface area contributed by atoms with Crippen LogP contribution in [0.3, 0.4) is 0 Å². The van der Waals surface area contributed by atoms with Crippen LogP contribution in [-0.2, 0) is 0 Å². The molecule has 13 aromatic rings. The number of nitrogens with zero attached hydrogens (tertiary/aromatic N) is 2. The summed E-state index contributed by atoms with van der Waals surface area (Å²) >= 11 is 0. The van der Waals surface area contributed by atoms with Crippen LogP contribution in [0.25, 0.3) is 71.3 Å². The molecule has 0 aliphatic rings. The fourth-order valence-electron chi connectivity index (χ4n) is 11.3. The highest BCUT2D eigenvalue weighted by Crippen LogP contribution is 2.43. The van der Waals surface area contributed by atoms with Crippen molar-refractivity contribution >= 4 is 89.2 Å². The summed E-state index contributed by atoms with van der Waals surface area (Å²) in [5.74, 6) is 0. The summed E-state index contributed by atoms with van der Waals surface area (Å²) in [4.78, 5) is 2.41. The molecular weight excluding hydrogens is 873 g/mol. The second kappa shape index (κ2) is 17.8. The van der Waals surface area contributed by atoms with Crippen molar-refractivity contribution in [2.24, 2.45) is 0 Å². The molecule has 3 heteroatoms. The van der Waals surface area contributed by atoms with Crippen LogP contribution in [0.15, 0.2) is 291 Å². The number of fused-ring (bicyclic) bond motifs is 6. The first-order valence-electron chi connectivity index (χ1n) is 24.5. The van der Waals surface area contributed by atoms with Gasteiger partial charge in [0.05, 0.1) is 11.0 Å². The standard InChI is InChI=1S/C68H48N2Si/c1-5-22-53(23-6-1)70-66-34-18-33-63(67(66)65-48-39-50-20-14-16-31-64(50)68(65)70)52-37-42-55(43-38-52)69(54-40-35-51(36-41-54)62-32-17-21-49-19-13-15-30-61(49)62)56-44-46-60(47-45-56)71(57-24-7-2-8-25-57,58-26-9-3-10-27-58)59-28-11-4-12-29-59/h1-48H. The van der Waals surface area contributed by atoms with E-state index in [9.17, 15) is 0 Å². The van der Waals surface area contributed by atoms with Gasteiger partial charge in [0.15, 0.2) is 8.07 Å². The lowest BCUT2D eigenvalue weighted by Gasteiger charge is -2.35. The van der Waals surface area contributed by atoms with Crippen LogP contribution in [0.4, 0.5) is 17.1 Å². The van der Waals surface area contributed by atoms with Gasteiger partial charge in [-0.15, -0.1) is 0 Å². The van der Waals surface area contributed by atoms with Crippen molar-refractivity contribution in [3.8, 4) is 27.9 Å². The Kier molecular flexibility index (Phi) is 10.6. The quantitative estimate of drug-likeness (QED) is 0.0980. The predicted molar refractivity (Wildman–Crippen MR) is 305 cm³/mol. The van der Waals surface area contributed by atoms with Crippen LogP contribution >= 0.6 is 0 Å². The van der Waals surface area contributed by atoms with Gasteiger partial charge in [-0.1, -0.05) is 237 Å². The van der Waals surface area contributed by atoms with E-state index in [1.165, 1.54) is 86.4 Å². The van der Waals surface area contributed by atoms with Crippen LogP contribution in [-0.4, -0.2) is 12.6 Å². The second-order valence-electron chi connectivity index (χ2n) is 18.4. The molecule has 0 saturated carbocycles. The Morgan fingerprint density at radius 3 is 1.28 bits per heavy atom. The highest BCUT2D eigenvalue weighted by molar-refractivity contribution is 7.19. The number of hydrogen-bond donors (Lipinski definition) is 0. The van der Waals surface area contributed by atoms with Crippen molar-refractivity contribution in [3.63, 3.8) is 0 Å². The third-order valence-electron chi connectivity index (χ3n) is 14.5. The van der Waals surface area contributed by atoms with Gasteiger partial charge in [0.25, 0.3) is 0 Å². The van der Waals surface area contributed by atoms with Crippen LogP contribution in [0.5, 0.6) is 0 Å². The van der Waals surface area contributed by atoms with E-state index in [1.807, 2.05) is 0 Å². The lowest BCUT2D eigenvalue weighted by atomic mass is 9.97. The Hall–Kier alpha value is -9.02. The number of rotatable bonds is 10. The first-order chi connectivity index (χ1) is 35.2. The number of benzene rings is 12. The van der Waals surface area contributed by atoms with Crippen LogP contribution < -0.4 is 25.6 Å². The summed E-state index contributed by atoms with van der Waals surface area (Å²) in [5, 5.41) is 12.9. The fourth-order valence-corrected chi connectivity index (χ4v) is 16.1. The van der Waals surface area contributed by atoms with Gasteiger partial charge in [0.2, 0.25) is 0 Å². The largest absolute Gasteiger partial charge is 0.311 e. The zero-order valence-corrected chi connectivity index (χ0v) is 40.1. The molecule has 0 saturated heterocycles. The first kappa shape index (κ1) is 42.1. The molecule has 0 spiro atoms. The van der Waals surface area contributed by atoms with Crippen LogP contribution in [0.1, 0.15) is 0 Å². The molecular formula is C68H48N2Si. The molecule has 0 unspecified atom stereocenters. The Balaban J connectivity index is 0.966. The minimum Gasteiger partial charge on any atom is -0.311 e. The van der Waals surface area contributed by atoms with Gasteiger partial charge in [-0.25, -0.2) is 0 Å². The summed E-state index contributed by atoms with van der Waals surface area (Å²) in [6.45, 7) is 0. The van der Waals surface area contributed by atoms with Crippen molar-refractivity contribution in [1.29, 1.82) is 0 Å². The SMILES string of the molecule is c1ccc(-n2c3cccc(-c4ccc(N(c5ccc(-c6cccc7ccccc67)cc5)c5ccc([Si](c6ccccc6)(c6ccccc6)c6ccccc6)cc5)cc4)c3c3ccc4ccccc4c32)cc1. The third-order valence-corrected chi connectivity index (χ3v) is 19.3. The van der Waals surface area contributed by atoms with E-state index in [1.54, 1.807) is 0 Å². The van der Waals surface area contributed by atoms with E-state index in [0.717, 1.165) is 22.7 Å². The molecule has 0 N–H and O–H groups in total. The first-order valence-corrected chi connectivity index (χ1v) is 26.5. The molecule has 334 valence electrons. The monoisotopic (exact) mass is 920 g/mol. The molecule has 0 radical (unpaired) electrons. The van der Waals surface area contributed by atoms with Gasteiger partial charge < -0.3 is 9.47 Å². The van der Waals surface area contributed by atoms with E-state index in [2.05, 4.69) is 301 Å². The molecule has 0 amide bonds. The molecule has 0 atom stereocenters. The average molecular weight is 921 g/mol. The minimum atomic E-state index is -2.73. The zero-order chi connectivity index (χ0) is 47.1. The Morgan fingerprint density at radius 1 is 0.282 bits per heavy atom. The van der Waals surface area contributed by atoms with Crippen molar-refractivity contribution in [2.75, 3.05) is 4.90 Å². The molecule has 0 aliphatic heterocycles. The van der Waals surface area contributed by atoms with Gasteiger partial charge in [-0.05, 0) is 114 Å². The predicted octanol–water partition coefficient (Wildman–Crippen LogP) is 15.3. The molecule has 0 fully saturated rings. The molecule has 71 heavy (non-hydrogen) atoms. The maximum absolute atomic E-state index is 2.73. The van der Waals surface area contributed by atoms with E-state index in [4.69, 9.17) is 0 Å². The molecule has 1 heterocycles. The number of anilines is 3. The van der Waals surface area contributed by atoms with Gasteiger partial charge >= 0.3 is 0 Å². The van der Waals surface area contributed by atoms with Crippen LogP contribution in [0.2, 0.25) is 0 Å². The molecule has 0 bridgehead atoms. The van der Waals surface area contributed by atoms with E-state index in [0.29, 0.717) is 0 Å². The summed E-state index contributed by atoms with van der Waals surface area (Å²) in [7, 11) is -2.73. The Labute approximate surface area is 415 Å². The number of para-hydroxylation sites is 1. The number of hydrogen-bond acceptors (Lipinski definition) is 1. The maximum Gasteiger partial charge on any atom is 0.179 e. The van der Waals surface area contributed by atoms with Gasteiger partial charge in [0.1, 0.15) is 0 Å². The smallest absolute Gasteiger partial charge is 0.179 e. The topological polar surface area (TPSA) is 8.17 Å². The van der Waals surface area contributed by atoms with Gasteiger partial charge in [-0.3, -0.25) is 0 Å². The number of aromatic nitrogens is 1. The molecule has 2 nitrogen and oxygen atoms in total. The van der Waals surface area contributed by atoms with Crippen LogP contribution in [0, 0.1) is 0 Å². The zero-order valence-electron chi connectivity index (χ0n) is 39.1. The van der Waals surface area contributed by atoms with E-state index >= 15 is 0 Å². The van der Waals surface area contributed by atoms with Crippen molar-refractivity contribution in [3.05, 3.63) is 291 Å². The lowest BCUT2D eigenvalue weighted by molar-refractivity contribution is 1.19. The Morgan fingerprint density at radius 2 is 0.704 bits per heavy atom. The van der Waals surface area contributed by atoms with Gasteiger partial charge in [-0.2, -0.15) is 0 Å². The minimum absolute atomic E-state index is 1.09. The molecule has 13 rings (SSSR count). The van der Waals surface area contributed by atoms with E-state index < -0.39 is 8.07 Å². The Bertz CT molecular complexity index is 3900. The summed E-state index contributed by atoms with van der Waals surface area (Å²) in [6, 6.07) is 107. The van der Waals surface area contributed by atoms with Crippen molar-refractivity contribution in [2.45, 2.75) is 0 Å². The second-order valence-corrected chi connectivity index (χ2v) is 22.2. The molecule has 1 aromatic heterocycles. The van der Waals surface area contributed by atoms with E-state index in [-0.39, 0.29) is 0 Å². The normalized spacial score (nSPS) is 11.7. The van der Waals surface area contributed by atoms with Gasteiger partial charge in [0, 0.05) is 38.9 Å². The maximum atomic E-state index is 2.45. The van der Waals surface area contributed by atoms with Crippen molar-refractivity contribution < 1.29 is 0 Å². The third kappa shape index (κ3) is 7.17. The molecule has 0 aliphatic carbocycles. The molecule has 12 aromatic carbocycles. The van der Waals surface area contributed by atoms with Crippen molar-refractivity contribution in [1.82, 2.24) is 4.57 Å². The fraction of sp³-hybridized carbons (Fsp3) is 0.